The van der Waals surface area contributed by atoms with Crippen LogP contribution in [0.2, 0.25) is 0 Å². The van der Waals surface area contributed by atoms with Gasteiger partial charge in [-0.3, -0.25) is 0 Å². The Morgan fingerprint density at radius 1 is 0.543 bits per heavy atom. The quantitative estimate of drug-likeness (QED) is 0.0540. The normalized spacial score (nSPS) is 14.0. The molecule has 0 aliphatic carbocycles. The van der Waals surface area contributed by atoms with E-state index in [0.717, 1.165) is 16.7 Å². The average Bonchev–Trinajstić information content (AvgIpc) is 3.39. The molecule has 0 bridgehead atoms. The monoisotopic (exact) mass is 968 g/mol. The van der Waals surface area contributed by atoms with E-state index in [1.165, 1.54) is 24.3 Å². The van der Waals surface area contributed by atoms with E-state index in [-0.39, 0.29) is 24.8 Å². The minimum atomic E-state index is -1.37. The summed E-state index contributed by atoms with van der Waals surface area (Å²) in [5.74, 6) is 0.0831. The van der Waals surface area contributed by atoms with E-state index in [1.807, 2.05) is 64.1 Å². The SMILES string of the molecule is CC1(C)OCC(Oc2cc(CO)ccc2OCCc2ccc(F)cc2)(c2ccccc2)CO1.COC(C)(C)OC.OCc1ccc(OCCc2ccc(F)cc2)c(OC(CO)(CO)c2ccccc2)c1. The minimum absolute atomic E-state index is 0.120. The lowest BCUT2D eigenvalue weighted by molar-refractivity contribution is -0.299. The molecule has 6 aromatic carbocycles. The summed E-state index contributed by atoms with van der Waals surface area (Å²) < 4.78 is 72.5. The summed E-state index contributed by atoms with van der Waals surface area (Å²) >= 11 is 0. The molecule has 1 heterocycles. The first-order valence-electron chi connectivity index (χ1n) is 22.9. The summed E-state index contributed by atoms with van der Waals surface area (Å²) in [6.45, 7) is 7.53. The molecule has 0 unspecified atom stereocenters. The van der Waals surface area contributed by atoms with Gasteiger partial charge in [-0.15, -0.1) is 0 Å². The number of hydrogen-bond acceptors (Lipinski definition) is 12. The van der Waals surface area contributed by atoms with E-state index in [0.29, 0.717) is 79.0 Å². The first-order valence-corrected chi connectivity index (χ1v) is 22.9. The van der Waals surface area contributed by atoms with Crippen molar-refractivity contribution in [1.82, 2.24) is 0 Å². The predicted molar refractivity (Wildman–Crippen MR) is 262 cm³/mol. The van der Waals surface area contributed by atoms with Gasteiger partial charge in [-0.25, -0.2) is 8.78 Å². The number of rotatable bonds is 20. The third-order valence-electron chi connectivity index (χ3n) is 11.5. The van der Waals surface area contributed by atoms with E-state index in [4.69, 9.17) is 37.9 Å². The van der Waals surface area contributed by atoms with Crippen molar-refractivity contribution in [3.05, 3.63) is 191 Å². The number of aliphatic hydroxyl groups is 4. The van der Waals surface area contributed by atoms with E-state index in [2.05, 4.69) is 0 Å². The van der Waals surface area contributed by atoms with Crippen molar-refractivity contribution in [2.75, 3.05) is 53.9 Å². The molecular weight excluding hydrogens is 903 g/mol. The third-order valence-corrected chi connectivity index (χ3v) is 11.5. The highest BCUT2D eigenvalue weighted by Crippen LogP contribution is 2.40. The lowest BCUT2D eigenvalue weighted by Gasteiger charge is -2.43. The van der Waals surface area contributed by atoms with Crippen molar-refractivity contribution >= 4 is 0 Å². The fourth-order valence-electron chi connectivity index (χ4n) is 6.85. The van der Waals surface area contributed by atoms with Crippen LogP contribution in [0.5, 0.6) is 23.0 Å². The molecule has 1 aliphatic rings. The summed E-state index contributed by atoms with van der Waals surface area (Å²) in [4.78, 5) is 0. The highest BCUT2D eigenvalue weighted by atomic mass is 19.1. The van der Waals surface area contributed by atoms with E-state index < -0.39 is 36.0 Å². The topological polar surface area (TPSA) is 155 Å². The second-order valence-corrected chi connectivity index (χ2v) is 17.4. The summed E-state index contributed by atoms with van der Waals surface area (Å²) in [5, 5.41) is 39.3. The molecule has 0 spiro atoms. The number of aliphatic hydroxyl groups excluding tert-OH is 4. The molecule has 0 amide bonds. The Morgan fingerprint density at radius 2 is 0.971 bits per heavy atom. The number of methoxy groups -OCH3 is 2. The van der Waals surface area contributed by atoms with Crippen molar-refractivity contribution in [2.45, 2.75) is 76.5 Å². The van der Waals surface area contributed by atoms with Crippen LogP contribution in [-0.2, 0) is 56.2 Å². The van der Waals surface area contributed by atoms with Gasteiger partial charge in [0.15, 0.2) is 45.8 Å². The van der Waals surface area contributed by atoms with E-state index in [9.17, 15) is 29.2 Å². The molecule has 1 saturated heterocycles. The summed E-state index contributed by atoms with van der Waals surface area (Å²) in [6, 6.07) is 41.7. The molecule has 0 saturated carbocycles. The van der Waals surface area contributed by atoms with Crippen LogP contribution < -0.4 is 18.9 Å². The van der Waals surface area contributed by atoms with Crippen LogP contribution in [0.15, 0.2) is 146 Å². The highest BCUT2D eigenvalue weighted by Gasteiger charge is 2.44. The summed E-state index contributed by atoms with van der Waals surface area (Å²) in [6.07, 6.45) is 1.18. The number of benzene rings is 6. The van der Waals surface area contributed by atoms with Crippen molar-refractivity contribution in [1.29, 1.82) is 0 Å². The minimum Gasteiger partial charge on any atom is -0.489 e. The Kier molecular flexibility index (Phi) is 20.7. The van der Waals surface area contributed by atoms with Crippen molar-refractivity contribution < 1.29 is 67.1 Å². The van der Waals surface area contributed by atoms with Gasteiger partial charge in [-0.1, -0.05) is 97.1 Å². The molecule has 4 N–H and O–H groups in total. The molecule has 1 fully saturated rings. The molecule has 6 aromatic rings. The fraction of sp³-hybridized carbons (Fsp3) is 0.357. The Bertz CT molecular complexity index is 2430. The van der Waals surface area contributed by atoms with Crippen LogP contribution in [0.25, 0.3) is 0 Å². The average molecular weight is 969 g/mol. The van der Waals surface area contributed by atoms with Crippen LogP contribution in [0.4, 0.5) is 8.78 Å². The number of halogens is 2. The second kappa shape index (κ2) is 26.3. The maximum atomic E-state index is 13.2. The maximum absolute atomic E-state index is 13.2. The summed E-state index contributed by atoms with van der Waals surface area (Å²) in [5.41, 5.74) is 2.50. The zero-order chi connectivity index (χ0) is 50.6. The zero-order valence-corrected chi connectivity index (χ0v) is 40.7. The van der Waals surface area contributed by atoms with Gasteiger partial charge in [0.05, 0.1) is 52.9 Å². The molecule has 376 valence electrons. The molecule has 0 radical (unpaired) electrons. The highest BCUT2D eigenvalue weighted by molar-refractivity contribution is 5.45. The molecule has 0 aromatic heterocycles. The van der Waals surface area contributed by atoms with E-state index >= 15 is 0 Å². The van der Waals surface area contributed by atoms with Crippen LogP contribution in [0.3, 0.4) is 0 Å². The van der Waals surface area contributed by atoms with Gasteiger partial charge in [-0.05, 0) is 98.5 Å². The van der Waals surface area contributed by atoms with Gasteiger partial charge in [0.25, 0.3) is 0 Å². The number of ether oxygens (including phenoxy) is 8. The molecule has 14 heteroatoms. The first kappa shape index (κ1) is 55.0. The van der Waals surface area contributed by atoms with Gasteiger partial charge in [0.2, 0.25) is 0 Å². The lowest BCUT2D eigenvalue weighted by Crippen LogP contribution is -2.52. The summed E-state index contributed by atoms with van der Waals surface area (Å²) in [7, 11) is 3.23. The Balaban J connectivity index is 0.000000230. The Labute approximate surface area is 409 Å². The molecule has 70 heavy (non-hydrogen) atoms. The van der Waals surface area contributed by atoms with Gasteiger partial charge in [0.1, 0.15) is 11.6 Å². The molecular formula is C56H66F2O12. The van der Waals surface area contributed by atoms with Crippen LogP contribution in [-0.4, -0.2) is 85.9 Å². The standard InChI is InChI=1S/C27H29FO5.C24H25FO5.C5H12O2/c1-26(2)31-18-27(19-32-26,22-6-4-3-5-7-22)33-25-16-21(17-29)10-13-24(25)30-15-14-20-8-11-23(28)12-9-20;25-21-9-6-18(7-10-21)12-13-29-22-11-8-19(15-26)14-23(22)30-24(16-27,17-28)20-4-2-1-3-5-20;1-5(2,6-3)7-4/h3-13,16,29H,14-15,17-19H2,1-2H3;1-11,14,26-28H,12-13,15-17H2;1-4H3. The molecule has 0 atom stereocenters. The molecule has 7 rings (SSSR count). The van der Waals surface area contributed by atoms with Gasteiger partial charge in [-0.2, -0.15) is 0 Å². The van der Waals surface area contributed by atoms with Crippen molar-refractivity contribution in [3.8, 4) is 23.0 Å². The predicted octanol–water partition coefficient (Wildman–Crippen LogP) is 9.21. The maximum Gasteiger partial charge on any atom is 0.181 e. The van der Waals surface area contributed by atoms with Gasteiger partial charge < -0.3 is 58.3 Å². The zero-order valence-electron chi connectivity index (χ0n) is 40.7. The van der Waals surface area contributed by atoms with Crippen LogP contribution in [0.1, 0.15) is 61.1 Å². The Hall–Kier alpha value is -5.94. The van der Waals surface area contributed by atoms with Crippen molar-refractivity contribution in [2.24, 2.45) is 0 Å². The van der Waals surface area contributed by atoms with E-state index in [1.54, 1.807) is 99.1 Å². The smallest absolute Gasteiger partial charge is 0.181 e. The molecule has 12 nitrogen and oxygen atoms in total. The van der Waals surface area contributed by atoms with Crippen molar-refractivity contribution in [3.63, 3.8) is 0 Å². The molecule has 1 aliphatic heterocycles. The van der Waals surface area contributed by atoms with Gasteiger partial charge >= 0.3 is 0 Å². The van der Waals surface area contributed by atoms with Crippen LogP contribution in [0, 0.1) is 11.6 Å². The second-order valence-electron chi connectivity index (χ2n) is 17.4. The Morgan fingerprint density at radius 3 is 1.40 bits per heavy atom. The fourth-order valence-corrected chi connectivity index (χ4v) is 6.85. The lowest BCUT2D eigenvalue weighted by atomic mass is 9.93. The van der Waals surface area contributed by atoms with Crippen LogP contribution >= 0.6 is 0 Å². The number of hydrogen-bond donors (Lipinski definition) is 4. The largest absolute Gasteiger partial charge is 0.489 e. The van der Waals surface area contributed by atoms with Gasteiger partial charge in [0, 0.05) is 38.2 Å². The third kappa shape index (κ3) is 16.1. The first-order chi connectivity index (χ1) is 33.6.